The summed E-state index contributed by atoms with van der Waals surface area (Å²) in [5.74, 6) is 0.438. The topological polar surface area (TPSA) is 117 Å². The maximum absolute atomic E-state index is 12.8. The number of nitro groups is 1. The molecular formula is C20H21N7O3S. The molecule has 1 aromatic carbocycles. The highest BCUT2D eigenvalue weighted by Crippen LogP contribution is 2.38. The molecule has 2 aliphatic heterocycles. The molecule has 5 rings (SSSR count). The molecule has 0 atom stereocenters. The first-order valence-corrected chi connectivity index (χ1v) is 11.0. The largest absolute Gasteiger partial charge is 0.347 e. The molecule has 2 aromatic heterocycles. The number of thiazole rings is 1. The maximum atomic E-state index is 12.8. The number of nitro benzene ring substituents is 1. The lowest BCUT2D eigenvalue weighted by Crippen LogP contribution is -2.43. The number of nitrogens with zero attached hydrogens (tertiary/aromatic N) is 6. The molecule has 1 N–H and O–H groups in total. The Morgan fingerprint density at radius 1 is 1.26 bits per heavy atom. The van der Waals surface area contributed by atoms with Crippen molar-refractivity contribution in [3.63, 3.8) is 0 Å². The van der Waals surface area contributed by atoms with E-state index in [1.165, 1.54) is 23.7 Å². The first-order valence-electron chi connectivity index (χ1n) is 10.2. The first kappa shape index (κ1) is 19.8. The quantitative estimate of drug-likeness (QED) is 0.487. The number of likely N-dealkylation sites (tertiary alicyclic amines) is 1. The van der Waals surface area contributed by atoms with E-state index >= 15 is 0 Å². The predicted molar refractivity (Wildman–Crippen MR) is 117 cm³/mol. The van der Waals surface area contributed by atoms with Crippen molar-refractivity contribution < 1.29 is 9.72 Å². The van der Waals surface area contributed by atoms with E-state index in [1.807, 2.05) is 4.90 Å². The summed E-state index contributed by atoms with van der Waals surface area (Å²) in [5, 5.41) is 14.5. The SMILES string of the molecule is CN1CCC(NC(=O)c2nc3c(N4CCc5cc([N+](=O)[O-])ccc54)ncnc3s2)CC1. The van der Waals surface area contributed by atoms with Gasteiger partial charge in [0.2, 0.25) is 0 Å². The maximum Gasteiger partial charge on any atom is 0.280 e. The number of piperidine rings is 1. The number of fused-ring (bicyclic) bond motifs is 2. The van der Waals surface area contributed by atoms with Crippen molar-refractivity contribution in [1.29, 1.82) is 0 Å². The molecule has 0 aliphatic carbocycles. The highest BCUT2D eigenvalue weighted by molar-refractivity contribution is 7.20. The Hall–Kier alpha value is -3.18. The second kappa shape index (κ2) is 7.82. The second-order valence-electron chi connectivity index (χ2n) is 7.89. The van der Waals surface area contributed by atoms with E-state index in [4.69, 9.17) is 0 Å². The van der Waals surface area contributed by atoms with Gasteiger partial charge in [-0.2, -0.15) is 0 Å². The highest BCUT2D eigenvalue weighted by Gasteiger charge is 2.27. The number of anilines is 2. The third kappa shape index (κ3) is 3.70. The standard InChI is InChI=1S/C20H21N7O3S/c1-25-7-5-13(6-8-25)23-18(28)20-24-16-17(21-11-22-19(16)31-20)26-9-4-12-10-14(27(29)30)2-3-15(12)26/h2-3,10-11,13H,4-9H2,1H3,(H,23,28). The second-order valence-corrected chi connectivity index (χ2v) is 8.87. The van der Waals surface area contributed by atoms with Gasteiger partial charge in [-0.05, 0) is 51.0 Å². The third-order valence-electron chi connectivity index (χ3n) is 5.85. The Bertz CT molecular complexity index is 1170. The molecule has 10 nitrogen and oxygen atoms in total. The van der Waals surface area contributed by atoms with Gasteiger partial charge in [0.1, 0.15) is 16.7 Å². The zero-order chi connectivity index (χ0) is 21.5. The minimum atomic E-state index is -0.387. The number of amides is 1. The number of aromatic nitrogens is 3. The summed E-state index contributed by atoms with van der Waals surface area (Å²) in [4.78, 5) is 41.7. The van der Waals surface area contributed by atoms with Crippen LogP contribution in [0.3, 0.4) is 0 Å². The molecule has 0 spiro atoms. The molecule has 0 unspecified atom stereocenters. The van der Waals surface area contributed by atoms with Crippen molar-refractivity contribution in [3.8, 4) is 0 Å². The average Bonchev–Trinajstić information content (AvgIpc) is 3.39. The van der Waals surface area contributed by atoms with E-state index < -0.39 is 0 Å². The van der Waals surface area contributed by atoms with Crippen molar-refractivity contribution in [2.24, 2.45) is 0 Å². The van der Waals surface area contributed by atoms with Gasteiger partial charge in [0.05, 0.1) is 4.92 Å². The van der Waals surface area contributed by atoms with Crippen LogP contribution in [0.5, 0.6) is 0 Å². The molecule has 2 aliphatic rings. The van der Waals surface area contributed by atoms with Crippen LogP contribution < -0.4 is 10.2 Å². The van der Waals surface area contributed by atoms with Crippen molar-refractivity contribution in [2.75, 3.05) is 31.6 Å². The average molecular weight is 440 g/mol. The van der Waals surface area contributed by atoms with Gasteiger partial charge >= 0.3 is 0 Å². The Labute approximate surface area is 182 Å². The van der Waals surface area contributed by atoms with Crippen molar-refractivity contribution in [1.82, 2.24) is 25.2 Å². The number of benzene rings is 1. The number of hydrogen-bond acceptors (Lipinski definition) is 9. The smallest absolute Gasteiger partial charge is 0.280 e. The van der Waals surface area contributed by atoms with Gasteiger partial charge in [-0.15, -0.1) is 0 Å². The van der Waals surface area contributed by atoms with Crippen LogP contribution in [0.1, 0.15) is 28.2 Å². The van der Waals surface area contributed by atoms with Crippen LogP contribution >= 0.6 is 11.3 Å². The van der Waals surface area contributed by atoms with Gasteiger partial charge in [-0.3, -0.25) is 14.9 Å². The number of hydrogen-bond donors (Lipinski definition) is 1. The van der Waals surface area contributed by atoms with Crippen LogP contribution in [0.4, 0.5) is 17.2 Å². The van der Waals surface area contributed by atoms with E-state index in [1.54, 1.807) is 12.1 Å². The normalized spacial score (nSPS) is 17.1. The van der Waals surface area contributed by atoms with Crippen LogP contribution in [0.2, 0.25) is 0 Å². The van der Waals surface area contributed by atoms with Crippen LogP contribution in [-0.4, -0.2) is 63.4 Å². The van der Waals surface area contributed by atoms with Crippen LogP contribution in [0, 0.1) is 10.1 Å². The summed E-state index contributed by atoms with van der Waals surface area (Å²) < 4.78 is 0. The van der Waals surface area contributed by atoms with Crippen molar-refractivity contribution in [2.45, 2.75) is 25.3 Å². The summed E-state index contributed by atoms with van der Waals surface area (Å²) in [6.45, 7) is 2.57. The summed E-state index contributed by atoms with van der Waals surface area (Å²) in [6.07, 6.45) is 4.00. The number of carbonyl (C=O) groups is 1. The lowest BCUT2D eigenvalue weighted by atomic mass is 10.1. The van der Waals surface area contributed by atoms with E-state index in [-0.39, 0.29) is 22.6 Å². The Kier molecular flexibility index (Phi) is 4.98. The molecule has 3 aromatic rings. The molecule has 160 valence electrons. The molecular weight excluding hydrogens is 418 g/mol. The molecule has 4 heterocycles. The molecule has 31 heavy (non-hydrogen) atoms. The fourth-order valence-corrected chi connectivity index (χ4v) is 4.96. The van der Waals surface area contributed by atoms with Crippen molar-refractivity contribution in [3.05, 3.63) is 45.2 Å². The molecule has 1 fully saturated rings. The molecule has 1 saturated heterocycles. The number of rotatable bonds is 4. The minimum Gasteiger partial charge on any atom is -0.347 e. The monoisotopic (exact) mass is 439 g/mol. The Morgan fingerprint density at radius 2 is 2.06 bits per heavy atom. The predicted octanol–water partition coefficient (Wildman–Crippen LogP) is 2.51. The minimum absolute atomic E-state index is 0.0787. The highest BCUT2D eigenvalue weighted by atomic mass is 32.1. The van der Waals surface area contributed by atoms with E-state index in [0.29, 0.717) is 34.1 Å². The van der Waals surface area contributed by atoms with E-state index in [2.05, 4.69) is 32.2 Å². The summed E-state index contributed by atoms with van der Waals surface area (Å²) in [7, 11) is 2.08. The van der Waals surface area contributed by atoms with Crippen LogP contribution in [-0.2, 0) is 6.42 Å². The van der Waals surface area contributed by atoms with Gasteiger partial charge in [0, 0.05) is 30.4 Å². The Morgan fingerprint density at radius 3 is 2.84 bits per heavy atom. The zero-order valence-electron chi connectivity index (χ0n) is 16.9. The summed E-state index contributed by atoms with van der Waals surface area (Å²) in [5.41, 5.74) is 2.43. The fraction of sp³-hybridized carbons (Fsp3) is 0.400. The van der Waals surface area contributed by atoms with E-state index in [9.17, 15) is 14.9 Å². The molecule has 0 bridgehead atoms. The number of non-ortho nitro benzene ring substituents is 1. The number of carbonyl (C=O) groups excluding carboxylic acids is 1. The number of nitrogens with one attached hydrogen (secondary N) is 1. The molecule has 0 saturated carbocycles. The first-order chi connectivity index (χ1) is 15.0. The molecule has 11 heteroatoms. The summed E-state index contributed by atoms with van der Waals surface area (Å²) >= 11 is 1.25. The van der Waals surface area contributed by atoms with Crippen LogP contribution in [0.25, 0.3) is 10.3 Å². The molecule has 0 radical (unpaired) electrons. The van der Waals surface area contributed by atoms with Gasteiger partial charge < -0.3 is 15.1 Å². The van der Waals surface area contributed by atoms with E-state index in [0.717, 1.165) is 37.2 Å². The van der Waals surface area contributed by atoms with Gasteiger partial charge in [0.25, 0.3) is 11.6 Å². The fourth-order valence-electron chi connectivity index (χ4n) is 4.16. The van der Waals surface area contributed by atoms with Gasteiger partial charge in [-0.1, -0.05) is 11.3 Å². The third-order valence-corrected chi connectivity index (χ3v) is 6.81. The molecule has 1 amide bonds. The summed E-state index contributed by atoms with van der Waals surface area (Å²) in [6, 6.07) is 5.00. The zero-order valence-corrected chi connectivity index (χ0v) is 17.8. The van der Waals surface area contributed by atoms with Crippen LogP contribution in [0.15, 0.2) is 24.5 Å². The Balaban J connectivity index is 1.42. The van der Waals surface area contributed by atoms with Gasteiger partial charge in [0.15, 0.2) is 10.8 Å². The van der Waals surface area contributed by atoms with Gasteiger partial charge in [-0.25, -0.2) is 15.0 Å². The lowest BCUT2D eigenvalue weighted by Gasteiger charge is -2.29. The van der Waals surface area contributed by atoms with Crippen molar-refractivity contribution >= 4 is 44.8 Å². The lowest BCUT2D eigenvalue weighted by molar-refractivity contribution is -0.384.